The summed E-state index contributed by atoms with van der Waals surface area (Å²) in [6.45, 7) is -0.519. The van der Waals surface area contributed by atoms with Gasteiger partial charge in [-0.3, -0.25) is 14.6 Å². The van der Waals surface area contributed by atoms with Gasteiger partial charge in [0, 0.05) is 20.2 Å². The molecule has 0 aliphatic rings. The molecule has 27 heavy (non-hydrogen) atoms. The summed E-state index contributed by atoms with van der Waals surface area (Å²) in [7, 11) is 3.25. The summed E-state index contributed by atoms with van der Waals surface area (Å²) in [6.07, 6.45) is -4.82. The number of halogens is 3. The van der Waals surface area contributed by atoms with Crippen molar-refractivity contribution in [1.29, 1.82) is 0 Å². The standard InChI is InChI=1S/C16H17F3N4O4/c1-23(2)15-21-11(7-13(25)22-15)14(26)20-12(8-24)9-3-5-10(6-4-9)27-16(17,18)19/h3-7,12,24H,8H2,1-2H3,(H,20,26)(H,21,22,25)/t12-/m0/s1. The number of benzene rings is 1. The van der Waals surface area contributed by atoms with Gasteiger partial charge in [-0.25, -0.2) is 4.98 Å². The summed E-state index contributed by atoms with van der Waals surface area (Å²) >= 11 is 0. The van der Waals surface area contributed by atoms with Crippen LogP contribution in [0.3, 0.4) is 0 Å². The van der Waals surface area contributed by atoms with Crippen molar-refractivity contribution in [2.45, 2.75) is 12.4 Å². The lowest BCUT2D eigenvalue weighted by Gasteiger charge is -2.18. The van der Waals surface area contributed by atoms with Gasteiger partial charge in [-0.15, -0.1) is 13.2 Å². The normalized spacial score (nSPS) is 12.4. The minimum Gasteiger partial charge on any atom is -0.406 e. The maximum Gasteiger partial charge on any atom is 0.573 e. The summed E-state index contributed by atoms with van der Waals surface area (Å²) in [5, 5.41) is 12.0. The highest BCUT2D eigenvalue weighted by molar-refractivity contribution is 5.92. The monoisotopic (exact) mass is 386 g/mol. The third kappa shape index (κ3) is 5.71. The van der Waals surface area contributed by atoms with Crippen LogP contribution in [0.4, 0.5) is 19.1 Å². The van der Waals surface area contributed by atoms with Crippen molar-refractivity contribution < 1.29 is 27.8 Å². The molecule has 1 heterocycles. The maximum atomic E-state index is 12.3. The van der Waals surface area contributed by atoms with Gasteiger partial charge >= 0.3 is 6.36 Å². The van der Waals surface area contributed by atoms with Crippen LogP contribution in [0.2, 0.25) is 0 Å². The fourth-order valence-corrected chi connectivity index (χ4v) is 2.14. The number of hydrogen-bond acceptors (Lipinski definition) is 6. The van der Waals surface area contributed by atoms with Gasteiger partial charge in [0.2, 0.25) is 5.95 Å². The molecule has 0 spiro atoms. The van der Waals surface area contributed by atoms with Gasteiger partial charge in [-0.2, -0.15) is 0 Å². The van der Waals surface area contributed by atoms with E-state index in [1.807, 2.05) is 0 Å². The number of aromatic amines is 1. The Morgan fingerprint density at radius 2 is 1.96 bits per heavy atom. The second-order valence-electron chi connectivity index (χ2n) is 5.67. The molecule has 11 heteroatoms. The Kier molecular flexibility index (Phi) is 6.05. The number of rotatable bonds is 6. The number of anilines is 1. The molecular weight excluding hydrogens is 369 g/mol. The molecule has 0 bridgehead atoms. The number of carbonyl (C=O) groups is 1. The predicted octanol–water partition coefficient (Wildman–Crippen LogP) is 1.20. The third-order valence-electron chi connectivity index (χ3n) is 3.39. The van der Waals surface area contributed by atoms with Crippen LogP contribution in [0.15, 0.2) is 35.1 Å². The zero-order valence-corrected chi connectivity index (χ0v) is 14.4. The lowest BCUT2D eigenvalue weighted by atomic mass is 10.1. The van der Waals surface area contributed by atoms with Gasteiger partial charge in [-0.05, 0) is 17.7 Å². The van der Waals surface area contributed by atoms with Crippen LogP contribution >= 0.6 is 0 Å². The van der Waals surface area contributed by atoms with E-state index in [4.69, 9.17) is 0 Å². The summed E-state index contributed by atoms with van der Waals surface area (Å²) < 4.78 is 40.3. The molecular formula is C16H17F3N4O4. The Bertz CT molecular complexity index is 850. The second-order valence-corrected chi connectivity index (χ2v) is 5.67. The van der Waals surface area contributed by atoms with E-state index in [0.717, 1.165) is 18.2 Å². The molecule has 1 aromatic heterocycles. The molecule has 1 aromatic carbocycles. The fraction of sp³-hybridized carbons (Fsp3) is 0.312. The molecule has 3 N–H and O–H groups in total. The van der Waals surface area contributed by atoms with Crippen molar-refractivity contribution in [2.24, 2.45) is 0 Å². The van der Waals surface area contributed by atoms with Crippen LogP contribution in [0, 0.1) is 0 Å². The number of nitrogens with one attached hydrogen (secondary N) is 2. The van der Waals surface area contributed by atoms with E-state index < -0.39 is 36.2 Å². The van der Waals surface area contributed by atoms with Crippen molar-refractivity contribution in [3.05, 3.63) is 51.9 Å². The van der Waals surface area contributed by atoms with Crippen LogP contribution in [-0.2, 0) is 0 Å². The summed E-state index contributed by atoms with van der Waals surface area (Å²) in [5.74, 6) is -0.984. The zero-order chi connectivity index (χ0) is 20.2. The van der Waals surface area contributed by atoms with Crippen molar-refractivity contribution in [3.8, 4) is 5.75 Å². The van der Waals surface area contributed by atoms with Crippen molar-refractivity contribution >= 4 is 11.9 Å². The van der Waals surface area contributed by atoms with Crippen LogP contribution < -0.4 is 20.5 Å². The first-order valence-corrected chi connectivity index (χ1v) is 7.65. The predicted molar refractivity (Wildman–Crippen MR) is 89.6 cm³/mol. The van der Waals surface area contributed by atoms with E-state index in [9.17, 15) is 27.9 Å². The minimum atomic E-state index is -4.82. The van der Waals surface area contributed by atoms with Gasteiger partial charge in [0.05, 0.1) is 12.6 Å². The highest BCUT2D eigenvalue weighted by atomic mass is 19.4. The molecule has 0 aliphatic heterocycles. The third-order valence-corrected chi connectivity index (χ3v) is 3.39. The van der Waals surface area contributed by atoms with E-state index in [-0.39, 0.29) is 11.6 Å². The molecule has 1 atom stereocenters. The van der Waals surface area contributed by atoms with Crippen molar-refractivity contribution in [3.63, 3.8) is 0 Å². The smallest absolute Gasteiger partial charge is 0.406 e. The topological polar surface area (TPSA) is 108 Å². The van der Waals surface area contributed by atoms with E-state index in [0.29, 0.717) is 5.56 Å². The zero-order valence-electron chi connectivity index (χ0n) is 14.4. The number of alkyl halides is 3. The van der Waals surface area contributed by atoms with Crippen molar-refractivity contribution in [2.75, 3.05) is 25.6 Å². The Labute approximate surface area is 151 Å². The number of amides is 1. The van der Waals surface area contributed by atoms with E-state index in [1.165, 1.54) is 17.0 Å². The molecule has 2 aromatic rings. The summed E-state index contributed by atoms with van der Waals surface area (Å²) in [6, 6.07) is 4.76. The number of aliphatic hydroxyl groups excluding tert-OH is 1. The van der Waals surface area contributed by atoms with E-state index in [1.54, 1.807) is 14.1 Å². The first-order valence-electron chi connectivity index (χ1n) is 7.65. The van der Waals surface area contributed by atoms with Gasteiger partial charge in [-0.1, -0.05) is 12.1 Å². The number of ether oxygens (including phenoxy) is 1. The second kappa shape index (κ2) is 8.08. The van der Waals surface area contributed by atoms with Gasteiger partial charge in [0.25, 0.3) is 11.5 Å². The molecule has 0 unspecified atom stereocenters. The van der Waals surface area contributed by atoms with E-state index in [2.05, 4.69) is 20.0 Å². The first-order chi connectivity index (χ1) is 12.6. The minimum absolute atomic E-state index is 0.168. The molecule has 146 valence electrons. The number of hydrogen-bond donors (Lipinski definition) is 3. The number of H-pyrrole nitrogens is 1. The number of nitrogens with zero attached hydrogens (tertiary/aromatic N) is 2. The lowest BCUT2D eigenvalue weighted by molar-refractivity contribution is -0.274. The molecule has 2 rings (SSSR count). The fourth-order valence-electron chi connectivity index (χ4n) is 2.14. The van der Waals surface area contributed by atoms with Crippen LogP contribution in [0.5, 0.6) is 5.75 Å². The summed E-state index contributed by atoms with van der Waals surface area (Å²) in [4.78, 5) is 31.9. The quantitative estimate of drug-likeness (QED) is 0.689. The molecule has 0 aliphatic carbocycles. The molecule has 0 radical (unpaired) electrons. The Morgan fingerprint density at radius 1 is 1.33 bits per heavy atom. The summed E-state index contributed by atoms with van der Waals surface area (Å²) in [5.41, 5.74) is -0.357. The Hall–Kier alpha value is -3.08. The highest BCUT2D eigenvalue weighted by Crippen LogP contribution is 2.24. The maximum absolute atomic E-state index is 12.3. The first kappa shape index (κ1) is 20.2. The van der Waals surface area contributed by atoms with Gasteiger partial charge in [0.15, 0.2) is 0 Å². The molecule has 0 fully saturated rings. The Balaban J connectivity index is 2.17. The molecule has 0 saturated heterocycles. The number of aromatic nitrogens is 2. The van der Waals surface area contributed by atoms with Gasteiger partial charge in [0.1, 0.15) is 11.4 Å². The van der Waals surface area contributed by atoms with Crippen LogP contribution in [0.25, 0.3) is 0 Å². The van der Waals surface area contributed by atoms with E-state index >= 15 is 0 Å². The number of aliphatic hydroxyl groups is 1. The van der Waals surface area contributed by atoms with Crippen LogP contribution in [0.1, 0.15) is 22.1 Å². The lowest BCUT2D eigenvalue weighted by Crippen LogP contribution is -2.33. The average molecular weight is 386 g/mol. The number of carbonyl (C=O) groups excluding carboxylic acids is 1. The highest BCUT2D eigenvalue weighted by Gasteiger charge is 2.31. The molecule has 1 amide bonds. The SMILES string of the molecule is CN(C)c1nc(C(=O)N[C@@H](CO)c2ccc(OC(F)(F)F)cc2)cc(=O)[nH]1. The average Bonchev–Trinajstić information content (AvgIpc) is 2.58. The molecule has 8 nitrogen and oxygen atoms in total. The largest absolute Gasteiger partial charge is 0.573 e. The Morgan fingerprint density at radius 3 is 2.48 bits per heavy atom. The molecule has 0 saturated carbocycles. The van der Waals surface area contributed by atoms with Crippen molar-refractivity contribution in [1.82, 2.24) is 15.3 Å². The van der Waals surface area contributed by atoms with Gasteiger partial charge < -0.3 is 20.1 Å². The van der Waals surface area contributed by atoms with Crippen LogP contribution in [-0.4, -0.2) is 48.0 Å².